The van der Waals surface area contributed by atoms with Gasteiger partial charge in [-0.05, 0) is 19.6 Å². The van der Waals surface area contributed by atoms with Crippen LogP contribution in [0.25, 0.3) is 10.2 Å². The number of anilines is 1. The van der Waals surface area contributed by atoms with E-state index in [2.05, 4.69) is 30.6 Å². The number of aromatic nitrogens is 2. The molecule has 1 fully saturated rings. The molecule has 2 aliphatic rings. The second-order valence-electron chi connectivity index (χ2n) is 7.72. The number of thiophene rings is 1. The summed E-state index contributed by atoms with van der Waals surface area (Å²) < 4.78 is 7.29. The summed E-state index contributed by atoms with van der Waals surface area (Å²) >= 11 is 3.55. The summed E-state index contributed by atoms with van der Waals surface area (Å²) in [7, 11) is 0. The Morgan fingerprint density at radius 3 is 2.70 bits per heavy atom. The molecule has 8 heteroatoms. The second-order valence-corrected chi connectivity index (χ2v) is 10.1. The van der Waals surface area contributed by atoms with Crippen LogP contribution in [0.15, 0.2) is 5.16 Å². The van der Waals surface area contributed by atoms with Gasteiger partial charge in [0.2, 0.25) is 0 Å². The Morgan fingerprint density at radius 2 is 2.00 bits per heavy atom. The molecule has 6 nitrogen and oxygen atoms in total. The van der Waals surface area contributed by atoms with Crippen LogP contribution in [0.5, 0.6) is 0 Å². The van der Waals surface area contributed by atoms with Gasteiger partial charge in [0.1, 0.15) is 0 Å². The van der Waals surface area contributed by atoms with Crippen LogP contribution in [0.1, 0.15) is 31.2 Å². The summed E-state index contributed by atoms with van der Waals surface area (Å²) in [4.78, 5) is 15.9. The fourth-order valence-corrected chi connectivity index (χ4v) is 5.81. The van der Waals surface area contributed by atoms with E-state index in [1.54, 1.807) is 11.8 Å². The van der Waals surface area contributed by atoms with Crippen molar-refractivity contribution in [3.63, 3.8) is 0 Å². The van der Waals surface area contributed by atoms with Gasteiger partial charge in [0.05, 0.1) is 29.0 Å². The number of ether oxygens (including phenoxy) is 1. The number of β-amino-alcohol motifs (C(OH)–C–C–N with tert-alkyl or cyclic N) is 1. The van der Waals surface area contributed by atoms with Crippen LogP contribution in [0.2, 0.25) is 0 Å². The van der Waals surface area contributed by atoms with Gasteiger partial charge in [0.25, 0.3) is 0 Å². The predicted molar refractivity (Wildman–Crippen MR) is 112 cm³/mol. The molecule has 4 heterocycles. The smallest absolute Gasteiger partial charge is 0.190 e. The van der Waals surface area contributed by atoms with E-state index < -0.39 is 0 Å². The van der Waals surface area contributed by atoms with Gasteiger partial charge < -0.3 is 14.7 Å². The van der Waals surface area contributed by atoms with E-state index in [0.29, 0.717) is 6.61 Å². The molecule has 27 heavy (non-hydrogen) atoms. The molecule has 0 amide bonds. The fraction of sp³-hybridized carbons (Fsp3) is 0.684. The van der Waals surface area contributed by atoms with Crippen molar-refractivity contribution in [3.8, 4) is 0 Å². The number of piperazine rings is 1. The minimum Gasteiger partial charge on any atom is -0.395 e. The number of fused-ring (bicyclic) bond motifs is 3. The standard InChI is InChI=1S/C19H28N4O2S2/c1-4-26-18-20-15-13-12-25-19(2,3)11-14(13)27-16(15)17(21-18)23-7-5-22(6-8-23)9-10-24/h24H,4-12H2,1-3H3. The van der Waals surface area contributed by atoms with Crippen molar-refractivity contribution in [1.82, 2.24) is 14.9 Å². The van der Waals surface area contributed by atoms with Crippen molar-refractivity contribution in [3.05, 3.63) is 10.4 Å². The number of aliphatic hydroxyl groups is 1. The van der Waals surface area contributed by atoms with Crippen molar-refractivity contribution >= 4 is 39.1 Å². The molecule has 2 aromatic heterocycles. The molecule has 4 rings (SSSR count). The molecule has 0 unspecified atom stereocenters. The molecule has 1 N–H and O–H groups in total. The second kappa shape index (κ2) is 7.83. The maximum atomic E-state index is 9.19. The van der Waals surface area contributed by atoms with Crippen LogP contribution in [0, 0.1) is 0 Å². The summed E-state index contributed by atoms with van der Waals surface area (Å²) in [6, 6.07) is 0. The number of aliphatic hydroxyl groups excluding tert-OH is 1. The largest absolute Gasteiger partial charge is 0.395 e. The summed E-state index contributed by atoms with van der Waals surface area (Å²) in [6.07, 6.45) is 0.934. The molecule has 0 saturated carbocycles. The lowest BCUT2D eigenvalue weighted by Crippen LogP contribution is -2.47. The highest BCUT2D eigenvalue weighted by Crippen LogP contribution is 2.42. The van der Waals surface area contributed by atoms with Crippen LogP contribution >= 0.6 is 23.1 Å². The maximum absolute atomic E-state index is 9.19. The van der Waals surface area contributed by atoms with Crippen molar-refractivity contribution in [2.75, 3.05) is 50.0 Å². The van der Waals surface area contributed by atoms with Crippen molar-refractivity contribution in [1.29, 1.82) is 0 Å². The van der Waals surface area contributed by atoms with E-state index in [4.69, 9.17) is 14.7 Å². The molecule has 0 aromatic carbocycles. The molecular weight excluding hydrogens is 380 g/mol. The van der Waals surface area contributed by atoms with Crippen molar-refractivity contribution < 1.29 is 9.84 Å². The SMILES string of the molecule is CCSc1nc(N2CCN(CCO)CC2)c2sc3c(c2n1)COC(C)(C)C3. The van der Waals surface area contributed by atoms with Gasteiger partial charge >= 0.3 is 0 Å². The zero-order valence-electron chi connectivity index (χ0n) is 16.3. The molecular formula is C19H28N4O2S2. The van der Waals surface area contributed by atoms with E-state index in [-0.39, 0.29) is 12.2 Å². The highest BCUT2D eigenvalue weighted by atomic mass is 32.2. The zero-order valence-corrected chi connectivity index (χ0v) is 18.0. The van der Waals surface area contributed by atoms with Gasteiger partial charge in [-0.15, -0.1) is 11.3 Å². The van der Waals surface area contributed by atoms with Gasteiger partial charge in [-0.3, -0.25) is 4.90 Å². The van der Waals surface area contributed by atoms with Gasteiger partial charge in [0, 0.05) is 49.6 Å². The third kappa shape index (κ3) is 3.96. The summed E-state index contributed by atoms with van der Waals surface area (Å²) in [5, 5.41) is 10.0. The lowest BCUT2D eigenvalue weighted by molar-refractivity contribution is -0.0383. The highest BCUT2D eigenvalue weighted by molar-refractivity contribution is 7.99. The number of nitrogens with zero attached hydrogens (tertiary/aromatic N) is 4. The number of thioether (sulfide) groups is 1. The molecule has 148 valence electrons. The Bertz CT molecular complexity index is 816. The normalized spacial score (nSPS) is 20.2. The van der Waals surface area contributed by atoms with Gasteiger partial charge in [-0.25, -0.2) is 9.97 Å². The highest BCUT2D eigenvalue weighted by Gasteiger charge is 2.31. The molecule has 0 aliphatic carbocycles. The van der Waals surface area contributed by atoms with Crippen LogP contribution in [0.3, 0.4) is 0 Å². The molecule has 1 saturated heterocycles. The Kier molecular flexibility index (Phi) is 5.62. The Labute approximate surface area is 168 Å². The lowest BCUT2D eigenvalue weighted by atomic mass is 9.98. The first-order chi connectivity index (χ1) is 13.0. The van der Waals surface area contributed by atoms with Crippen LogP contribution in [-0.4, -0.2) is 70.7 Å². The average molecular weight is 409 g/mol. The Hall–Kier alpha value is -0.930. The lowest BCUT2D eigenvalue weighted by Gasteiger charge is -2.35. The minimum absolute atomic E-state index is 0.113. The van der Waals surface area contributed by atoms with Gasteiger partial charge in [-0.2, -0.15) is 0 Å². The molecule has 2 aromatic rings. The number of hydrogen-bond donors (Lipinski definition) is 1. The molecule has 0 bridgehead atoms. The van der Waals surface area contributed by atoms with Crippen molar-refractivity contribution in [2.45, 2.75) is 44.6 Å². The predicted octanol–water partition coefficient (Wildman–Crippen LogP) is 2.77. The third-order valence-electron chi connectivity index (χ3n) is 5.23. The Morgan fingerprint density at radius 1 is 1.22 bits per heavy atom. The van der Waals surface area contributed by atoms with E-state index in [1.807, 2.05) is 11.3 Å². The summed E-state index contributed by atoms with van der Waals surface area (Å²) in [5.41, 5.74) is 2.23. The van der Waals surface area contributed by atoms with Crippen LogP contribution < -0.4 is 4.90 Å². The van der Waals surface area contributed by atoms with Crippen molar-refractivity contribution in [2.24, 2.45) is 0 Å². The fourth-order valence-electron chi connectivity index (χ4n) is 3.76. The first-order valence-electron chi connectivity index (χ1n) is 9.68. The van der Waals surface area contributed by atoms with E-state index in [1.165, 1.54) is 15.1 Å². The zero-order chi connectivity index (χ0) is 19.0. The molecule has 0 atom stereocenters. The van der Waals surface area contributed by atoms with E-state index >= 15 is 0 Å². The van der Waals surface area contributed by atoms with Crippen LogP contribution in [0.4, 0.5) is 5.82 Å². The number of rotatable bonds is 5. The first-order valence-corrected chi connectivity index (χ1v) is 11.5. The number of hydrogen-bond acceptors (Lipinski definition) is 8. The monoisotopic (exact) mass is 408 g/mol. The molecule has 0 spiro atoms. The molecule has 2 aliphatic heterocycles. The minimum atomic E-state index is -0.113. The Balaban J connectivity index is 1.72. The summed E-state index contributed by atoms with van der Waals surface area (Å²) in [6.45, 7) is 11.9. The van der Waals surface area contributed by atoms with Gasteiger partial charge in [-0.1, -0.05) is 18.7 Å². The van der Waals surface area contributed by atoms with Gasteiger partial charge in [0.15, 0.2) is 11.0 Å². The third-order valence-corrected chi connectivity index (χ3v) is 7.18. The summed E-state index contributed by atoms with van der Waals surface area (Å²) in [5.74, 6) is 2.04. The quantitative estimate of drug-likeness (QED) is 0.603. The average Bonchev–Trinajstić information content (AvgIpc) is 2.98. The molecule has 0 radical (unpaired) electrons. The topological polar surface area (TPSA) is 61.7 Å². The first kappa shape index (κ1) is 19.4. The maximum Gasteiger partial charge on any atom is 0.190 e. The van der Waals surface area contributed by atoms with Crippen LogP contribution in [-0.2, 0) is 17.8 Å². The van der Waals surface area contributed by atoms with E-state index in [9.17, 15) is 5.11 Å². The van der Waals surface area contributed by atoms with E-state index in [0.717, 1.165) is 61.4 Å².